The molecule has 0 saturated carbocycles. The van der Waals surface area contributed by atoms with E-state index < -0.39 is 4.92 Å². The van der Waals surface area contributed by atoms with Gasteiger partial charge >= 0.3 is 0 Å². The molecule has 102 valence electrons. The molecule has 0 aliphatic heterocycles. The van der Waals surface area contributed by atoms with Gasteiger partial charge in [-0.25, -0.2) is 4.39 Å². The van der Waals surface area contributed by atoms with Crippen molar-refractivity contribution in [3.05, 3.63) is 81.8 Å². The summed E-state index contributed by atoms with van der Waals surface area (Å²) >= 11 is 0. The highest BCUT2D eigenvalue weighted by molar-refractivity contribution is 5.56. The van der Waals surface area contributed by atoms with Gasteiger partial charge in [0, 0.05) is 17.2 Å². The molecule has 4 nitrogen and oxygen atoms in total. The number of rotatable bonds is 5. The van der Waals surface area contributed by atoms with E-state index in [9.17, 15) is 14.5 Å². The molecule has 0 bridgehead atoms. The molecule has 2 aromatic carbocycles. The summed E-state index contributed by atoms with van der Waals surface area (Å²) in [5.41, 5.74) is 1.00. The fourth-order valence-corrected chi connectivity index (χ4v) is 1.66. The minimum absolute atomic E-state index is 0.0655. The number of para-hydroxylation sites is 1. The SMILES string of the molecule is O=[N+]([O-])/C=C/c1ccccc1OCc1ccccc1F. The lowest BCUT2D eigenvalue weighted by molar-refractivity contribution is -0.400. The second-order valence-corrected chi connectivity index (χ2v) is 4.02. The van der Waals surface area contributed by atoms with Crippen LogP contribution < -0.4 is 4.74 Å². The molecule has 0 heterocycles. The maximum atomic E-state index is 13.5. The van der Waals surface area contributed by atoms with Crippen LogP contribution in [0.4, 0.5) is 4.39 Å². The third-order valence-electron chi connectivity index (χ3n) is 2.64. The molecular weight excluding hydrogens is 261 g/mol. The van der Waals surface area contributed by atoms with Gasteiger partial charge in [0.25, 0.3) is 0 Å². The van der Waals surface area contributed by atoms with Crippen LogP contribution in [0.2, 0.25) is 0 Å². The first-order valence-electron chi connectivity index (χ1n) is 5.94. The summed E-state index contributed by atoms with van der Waals surface area (Å²) in [6.45, 7) is 0.0655. The molecule has 0 fully saturated rings. The van der Waals surface area contributed by atoms with E-state index in [4.69, 9.17) is 4.74 Å². The van der Waals surface area contributed by atoms with Crippen molar-refractivity contribution in [1.82, 2.24) is 0 Å². The minimum atomic E-state index is -0.548. The normalized spacial score (nSPS) is 10.7. The molecule has 0 atom stereocenters. The van der Waals surface area contributed by atoms with Crippen LogP contribution >= 0.6 is 0 Å². The van der Waals surface area contributed by atoms with Gasteiger partial charge in [0.05, 0.1) is 4.92 Å². The van der Waals surface area contributed by atoms with Crippen LogP contribution in [0.5, 0.6) is 5.75 Å². The Morgan fingerprint density at radius 2 is 1.85 bits per heavy atom. The molecule has 0 unspecified atom stereocenters. The van der Waals surface area contributed by atoms with Crippen molar-refractivity contribution in [2.45, 2.75) is 6.61 Å². The maximum absolute atomic E-state index is 13.5. The molecule has 0 N–H and O–H groups in total. The van der Waals surface area contributed by atoms with Gasteiger partial charge in [0.1, 0.15) is 18.2 Å². The summed E-state index contributed by atoms with van der Waals surface area (Å²) in [5.74, 6) is 0.125. The Kier molecular flexibility index (Phi) is 4.44. The Bertz CT molecular complexity index is 641. The number of benzene rings is 2. The molecule has 0 spiro atoms. The van der Waals surface area contributed by atoms with E-state index in [0.29, 0.717) is 16.9 Å². The first-order valence-corrected chi connectivity index (χ1v) is 5.94. The summed E-state index contributed by atoms with van der Waals surface area (Å²) < 4.78 is 19.0. The number of hydrogen-bond donors (Lipinski definition) is 0. The van der Waals surface area contributed by atoms with Gasteiger partial charge in [-0.1, -0.05) is 36.4 Å². The molecule has 0 radical (unpaired) electrons. The highest BCUT2D eigenvalue weighted by Gasteiger charge is 2.04. The van der Waals surface area contributed by atoms with E-state index in [-0.39, 0.29) is 12.4 Å². The Morgan fingerprint density at radius 1 is 1.15 bits per heavy atom. The Balaban J connectivity index is 2.14. The third-order valence-corrected chi connectivity index (χ3v) is 2.64. The number of nitrogens with zero attached hydrogens (tertiary/aromatic N) is 1. The van der Waals surface area contributed by atoms with E-state index >= 15 is 0 Å². The van der Waals surface area contributed by atoms with E-state index in [1.165, 1.54) is 12.1 Å². The molecule has 2 aromatic rings. The Morgan fingerprint density at radius 3 is 2.60 bits per heavy atom. The zero-order valence-electron chi connectivity index (χ0n) is 10.5. The summed E-state index contributed by atoms with van der Waals surface area (Å²) in [6.07, 6.45) is 2.18. The van der Waals surface area contributed by atoms with Crippen molar-refractivity contribution < 1.29 is 14.1 Å². The molecule has 5 heteroatoms. The zero-order chi connectivity index (χ0) is 14.4. The number of ether oxygens (including phenoxy) is 1. The fraction of sp³-hybridized carbons (Fsp3) is 0.0667. The number of halogens is 1. The third kappa shape index (κ3) is 3.65. The Hall–Kier alpha value is -2.69. The lowest BCUT2D eigenvalue weighted by Gasteiger charge is -2.09. The molecule has 0 aromatic heterocycles. The summed E-state index contributed by atoms with van der Waals surface area (Å²) in [7, 11) is 0. The molecular formula is C15H12FNO3. The number of hydrogen-bond acceptors (Lipinski definition) is 3. The van der Waals surface area contributed by atoms with E-state index in [1.54, 1.807) is 42.5 Å². The summed E-state index contributed by atoms with van der Waals surface area (Å²) in [4.78, 5) is 9.79. The summed E-state index contributed by atoms with van der Waals surface area (Å²) in [6, 6.07) is 13.2. The topological polar surface area (TPSA) is 52.4 Å². The first kappa shape index (κ1) is 13.7. The quantitative estimate of drug-likeness (QED) is 0.617. The maximum Gasteiger partial charge on any atom is 0.235 e. The molecule has 20 heavy (non-hydrogen) atoms. The van der Waals surface area contributed by atoms with E-state index in [0.717, 1.165) is 6.20 Å². The van der Waals surface area contributed by atoms with E-state index in [2.05, 4.69) is 0 Å². The van der Waals surface area contributed by atoms with Gasteiger partial charge in [-0.15, -0.1) is 0 Å². The second kappa shape index (κ2) is 6.47. The van der Waals surface area contributed by atoms with Crippen LogP contribution in [0.1, 0.15) is 11.1 Å². The van der Waals surface area contributed by atoms with Crippen molar-refractivity contribution >= 4 is 6.08 Å². The summed E-state index contributed by atoms with van der Waals surface area (Å²) in [5, 5.41) is 10.3. The van der Waals surface area contributed by atoms with Gasteiger partial charge in [0.15, 0.2) is 0 Å². The largest absolute Gasteiger partial charge is 0.488 e. The lowest BCUT2D eigenvalue weighted by Crippen LogP contribution is -1.99. The van der Waals surface area contributed by atoms with Gasteiger partial charge < -0.3 is 4.74 Å². The average molecular weight is 273 g/mol. The van der Waals surface area contributed by atoms with Crippen molar-refractivity contribution in [2.24, 2.45) is 0 Å². The van der Waals surface area contributed by atoms with Crippen molar-refractivity contribution in [3.63, 3.8) is 0 Å². The molecule has 0 saturated heterocycles. The van der Waals surface area contributed by atoms with Crippen molar-refractivity contribution in [2.75, 3.05) is 0 Å². The van der Waals surface area contributed by atoms with Crippen molar-refractivity contribution in [1.29, 1.82) is 0 Å². The van der Waals surface area contributed by atoms with E-state index in [1.807, 2.05) is 0 Å². The van der Waals surface area contributed by atoms with Gasteiger partial charge in [-0.3, -0.25) is 10.1 Å². The average Bonchev–Trinajstić information content (AvgIpc) is 2.45. The fourth-order valence-electron chi connectivity index (χ4n) is 1.66. The predicted octanol–water partition coefficient (Wildman–Crippen LogP) is 3.65. The van der Waals surface area contributed by atoms with Crippen LogP contribution in [0.25, 0.3) is 6.08 Å². The van der Waals surface area contributed by atoms with Crippen LogP contribution in [0, 0.1) is 15.9 Å². The standard InChI is InChI=1S/C15H12FNO3/c16-14-7-3-1-6-13(14)11-20-15-8-4-2-5-12(15)9-10-17(18)19/h1-10H,11H2/b10-9+. The molecule has 0 aliphatic rings. The zero-order valence-corrected chi connectivity index (χ0v) is 10.5. The smallest absolute Gasteiger partial charge is 0.235 e. The van der Waals surface area contributed by atoms with Gasteiger partial charge in [-0.2, -0.15) is 0 Å². The predicted molar refractivity (Wildman–Crippen MR) is 73.2 cm³/mol. The van der Waals surface area contributed by atoms with Crippen LogP contribution in [0.3, 0.4) is 0 Å². The number of nitro groups is 1. The molecule has 0 aliphatic carbocycles. The van der Waals surface area contributed by atoms with Gasteiger partial charge in [-0.05, 0) is 12.1 Å². The van der Waals surface area contributed by atoms with Crippen LogP contribution in [0.15, 0.2) is 54.7 Å². The van der Waals surface area contributed by atoms with Crippen LogP contribution in [-0.2, 0) is 6.61 Å². The highest BCUT2D eigenvalue weighted by atomic mass is 19.1. The first-order chi connectivity index (χ1) is 9.66. The van der Waals surface area contributed by atoms with Crippen LogP contribution in [-0.4, -0.2) is 4.92 Å². The lowest BCUT2D eigenvalue weighted by atomic mass is 10.2. The highest BCUT2D eigenvalue weighted by Crippen LogP contribution is 2.21. The Labute approximate surface area is 115 Å². The van der Waals surface area contributed by atoms with Crippen molar-refractivity contribution in [3.8, 4) is 5.75 Å². The second-order valence-electron chi connectivity index (χ2n) is 4.02. The van der Waals surface area contributed by atoms with Gasteiger partial charge in [0.2, 0.25) is 6.20 Å². The minimum Gasteiger partial charge on any atom is -0.488 e. The molecule has 0 amide bonds. The monoisotopic (exact) mass is 273 g/mol. The molecule has 2 rings (SSSR count).